The third-order valence-electron chi connectivity index (χ3n) is 12.1. The lowest BCUT2D eigenvalue weighted by molar-refractivity contribution is 0.548. The molecule has 2 aliphatic rings. The summed E-state index contributed by atoms with van der Waals surface area (Å²) in [5, 5.41) is 4.87. The molecule has 0 unspecified atom stereocenters. The summed E-state index contributed by atoms with van der Waals surface area (Å²) in [5.41, 5.74) is 17.3. The van der Waals surface area contributed by atoms with Crippen molar-refractivity contribution in [2.45, 2.75) is 25.7 Å². The van der Waals surface area contributed by atoms with Crippen molar-refractivity contribution < 1.29 is 4.42 Å². The summed E-state index contributed by atoms with van der Waals surface area (Å²) >= 11 is 0. The summed E-state index contributed by atoms with van der Waals surface area (Å²) in [7, 11) is 0. The molecule has 0 bridgehead atoms. The second-order valence-electron chi connectivity index (χ2n) is 15.3. The van der Waals surface area contributed by atoms with E-state index in [0.29, 0.717) is 0 Å². The normalized spacial score (nSPS) is 13.7. The first-order valence-electron chi connectivity index (χ1n) is 20.0. The van der Waals surface area contributed by atoms with Gasteiger partial charge in [0.2, 0.25) is 0 Å². The van der Waals surface area contributed by atoms with Gasteiger partial charge in [-0.3, -0.25) is 0 Å². The van der Waals surface area contributed by atoms with E-state index in [2.05, 4.69) is 185 Å². The number of nitrogens with zero attached hydrogens (tertiary/aromatic N) is 3. The number of furan rings is 1. The van der Waals surface area contributed by atoms with Crippen LogP contribution in [0.4, 0.5) is 0 Å². The second kappa shape index (κ2) is 12.7. The van der Waals surface area contributed by atoms with Crippen LogP contribution in [0.1, 0.15) is 41.0 Å². The molecular weight excluding hydrogens is 695 g/mol. The molecule has 0 spiro atoms. The van der Waals surface area contributed by atoms with Gasteiger partial charge in [-0.2, -0.15) is 0 Å². The highest BCUT2D eigenvalue weighted by atomic mass is 16.3. The van der Waals surface area contributed by atoms with Crippen LogP contribution in [0, 0.1) is 0 Å². The number of pyridine rings is 1. The van der Waals surface area contributed by atoms with E-state index in [4.69, 9.17) is 9.40 Å². The second-order valence-corrected chi connectivity index (χ2v) is 15.3. The Morgan fingerprint density at radius 1 is 0.509 bits per heavy atom. The molecule has 57 heavy (non-hydrogen) atoms. The molecule has 10 aromatic rings. The maximum absolute atomic E-state index is 6.37. The summed E-state index contributed by atoms with van der Waals surface area (Å²) in [6, 6.07) is 56.9. The predicted octanol–water partition coefficient (Wildman–Crippen LogP) is 13.6. The molecule has 4 heterocycles. The van der Waals surface area contributed by atoms with Crippen molar-refractivity contribution in [3.8, 4) is 33.9 Å². The lowest BCUT2D eigenvalue weighted by Gasteiger charge is -2.18. The first kappa shape index (κ1) is 32.1. The third kappa shape index (κ3) is 4.97. The van der Waals surface area contributed by atoms with Crippen molar-refractivity contribution in [2.24, 2.45) is 0 Å². The standard InChI is InChI=1S/C53H37N3O/c1-3-15-36(16-4-1)55-48-26-10-7-19-38(48)41-22-13-24-43(52(41)55)46-32-35(34-29-30-51-45(31-34)40-21-9-12-28-50(40)57-51)33-47(54-46)44-25-14-23-42-39-20-8-11-27-49(39)56(53(42)44)37-17-5-2-6-18-37/h1-10,12-26,28,31-33H,11,27,29-30H2. The predicted molar refractivity (Wildman–Crippen MR) is 236 cm³/mol. The Hall–Kier alpha value is -7.17. The molecule has 2 aliphatic carbocycles. The quantitative estimate of drug-likeness (QED) is 0.177. The Labute approximate surface area is 330 Å². The van der Waals surface area contributed by atoms with Crippen LogP contribution in [-0.2, 0) is 12.8 Å². The first-order chi connectivity index (χ1) is 28.3. The molecule has 270 valence electrons. The molecule has 4 aromatic heterocycles. The largest absolute Gasteiger partial charge is 0.460 e. The molecule has 0 radical (unpaired) electrons. The zero-order valence-electron chi connectivity index (χ0n) is 31.3. The lowest BCUT2D eigenvalue weighted by atomic mass is 9.90. The highest BCUT2D eigenvalue weighted by molar-refractivity contribution is 6.14. The number of allylic oxidation sites excluding steroid dienone is 2. The maximum atomic E-state index is 6.37. The Kier molecular flexibility index (Phi) is 7.15. The molecule has 0 fully saturated rings. The molecule has 0 aliphatic heterocycles. The van der Waals surface area contributed by atoms with Crippen molar-refractivity contribution in [1.82, 2.24) is 14.1 Å². The van der Waals surface area contributed by atoms with Crippen molar-refractivity contribution >= 4 is 61.4 Å². The van der Waals surface area contributed by atoms with Crippen LogP contribution in [0.15, 0.2) is 168 Å². The summed E-state index contributed by atoms with van der Waals surface area (Å²) in [4.78, 5) is 5.71. The van der Waals surface area contributed by atoms with Crippen LogP contribution >= 0.6 is 0 Å². The van der Waals surface area contributed by atoms with E-state index < -0.39 is 0 Å². The van der Waals surface area contributed by atoms with E-state index in [0.717, 1.165) is 70.7 Å². The first-order valence-corrected chi connectivity index (χ1v) is 20.0. The monoisotopic (exact) mass is 731 g/mol. The van der Waals surface area contributed by atoms with Gasteiger partial charge in [0.1, 0.15) is 11.3 Å². The van der Waals surface area contributed by atoms with Gasteiger partial charge in [-0.15, -0.1) is 0 Å². The molecule has 0 amide bonds. The zero-order chi connectivity index (χ0) is 37.5. The summed E-state index contributed by atoms with van der Waals surface area (Å²) < 4.78 is 11.3. The molecular formula is C53H37N3O. The van der Waals surface area contributed by atoms with Crippen LogP contribution in [0.3, 0.4) is 0 Å². The van der Waals surface area contributed by atoms with E-state index in [1.54, 1.807) is 0 Å². The van der Waals surface area contributed by atoms with E-state index >= 15 is 0 Å². The number of hydrogen-bond acceptors (Lipinski definition) is 2. The van der Waals surface area contributed by atoms with Gasteiger partial charge in [0, 0.05) is 67.3 Å². The number of aryl methyl sites for hydroxylation is 1. The molecule has 0 atom stereocenters. The van der Waals surface area contributed by atoms with Gasteiger partial charge >= 0.3 is 0 Å². The van der Waals surface area contributed by atoms with Crippen molar-refractivity contribution in [3.05, 3.63) is 192 Å². The van der Waals surface area contributed by atoms with Crippen molar-refractivity contribution in [3.63, 3.8) is 0 Å². The van der Waals surface area contributed by atoms with Crippen molar-refractivity contribution in [1.29, 1.82) is 0 Å². The molecule has 0 saturated heterocycles. The fourth-order valence-electron chi connectivity index (χ4n) is 9.58. The zero-order valence-corrected chi connectivity index (χ0v) is 31.3. The van der Waals surface area contributed by atoms with Gasteiger partial charge in [0.15, 0.2) is 0 Å². The third-order valence-corrected chi connectivity index (χ3v) is 12.1. The highest BCUT2D eigenvalue weighted by Gasteiger charge is 2.25. The van der Waals surface area contributed by atoms with Gasteiger partial charge in [0.25, 0.3) is 0 Å². The van der Waals surface area contributed by atoms with E-state index in [9.17, 15) is 0 Å². The fraction of sp³-hybridized carbons (Fsp3) is 0.0755. The Bertz CT molecular complexity index is 3280. The number of hydrogen-bond donors (Lipinski definition) is 0. The molecule has 0 N–H and O–H groups in total. The number of para-hydroxylation sites is 6. The van der Waals surface area contributed by atoms with Crippen LogP contribution in [0.5, 0.6) is 0 Å². The van der Waals surface area contributed by atoms with Gasteiger partial charge in [-0.05, 0) is 85.0 Å². The van der Waals surface area contributed by atoms with Crippen LogP contribution in [0.2, 0.25) is 0 Å². The number of benzene rings is 6. The fourth-order valence-corrected chi connectivity index (χ4v) is 9.58. The van der Waals surface area contributed by atoms with Gasteiger partial charge < -0.3 is 13.6 Å². The van der Waals surface area contributed by atoms with E-state index in [1.807, 2.05) is 0 Å². The van der Waals surface area contributed by atoms with Crippen LogP contribution in [0.25, 0.3) is 95.3 Å². The molecule has 12 rings (SSSR count). The Morgan fingerprint density at radius 3 is 1.91 bits per heavy atom. The van der Waals surface area contributed by atoms with Gasteiger partial charge in [-0.1, -0.05) is 121 Å². The number of rotatable bonds is 5. The minimum atomic E-state index is 0.853. The van der Waals surface area contributed by atoms with Crippen LogP contribution < -0.4 is 0 Å². The summed E-state index contributed by atoms with van der Waals surface area (Å²) in [6.07, 6.45) is 10.8. The number of aromatic nitrogens is 3. The molecule has 6 aromatic carbocycles. The van der Waals surface area contributed by atoms with Crippen LogP contribution in [-0.4, -0.2) is 14.1 Å². The number of fused-ring (bicyclic) bond motifs is 9. The van der Waals surface area contributed by atoms with Gasteiger partial charge in [-0.25, -0.2) is 4.98 Å². The van der Waals surface area contributed by atoms with Crippen molar-refractivity contribution in [2.75, 3.05) is 0 Å². The molecule has 0 saturated carbocycles. The average molecular weight is 732 g/mol. The average Bonchev–Trinajstić information content (AvgIpc) is 3.94. The highest BCUT2D eigenvalue weighted by Crippen LogP contribution is 2.44. The minimum absolute atomic E-state index is 0.853. The van der Waals surface area contributed by atoms with E-state index in [1.165, 1.54) is 66.2 Å². The maximum Gasteiger partial charge on any atom is 0.134 e. The Morgan fingerprint density at radius 2 is 1.14 bits per heavy atom. The summed E-state index contributed by atoms with van der Waals surface area (Å²) in [5.74, 6) is 1.07. The summed E-state index contributed by atoms with van der Waals surface area (Å²) in [6.45, 7) is 0. The molecule has 4 nitrogen and oxygen atoms in total. The topological polar surface area (TPSA) is 35.9 Å². The Balaban J connectivity index is 1.17. The minimum Gasteiger partial charge on any atom is -0.460 e. The smallest absolute Gasteiger partial charge is 0.134 e. The molecule has 4 heteroatoms. The lowest BCUT2D eigenvalue weighted by Crippen LogP contribution is -2.04. The van der Waals surface area contributed by atoms with Gasteiger partial charge in [0.05, 0.1) is 27.9 Å². The SMILES string of the molecule is C1=Cc2c(n(-c3ccccc3)c3c(-c4cc(C5=Cc6c(oc7ccccc67)CC5)cc(-c5cccc6c7ccccc7n(-c7ccccc7)c56)n4)cccc23)CC1. The van der Waals surface area contributed by atoms with E-state index in [-0.39, 0.29) is 0 Å².